The summed E-state index contributed by atoms with van der Waals surface area (Å²) in [5, 5.41) is 3.00. The van der Waals surface area contributed by atoms with Crippen LogP contribution in [0.25, 0.3) is 11.0 Å². The van der Waals surface area contributed by atoms with Gasteiger partial charge in [-0.05, 0) is 25.0 Å². The molecule has 0 radical (unpaired) electrons. The Morgan fingerprint density at radius 1 is 1.30 bits per heavy atom. The van der Waals surface area contributed by atoms with E-state index in [2.05, 4.69) is 10.3 Å². The maximum Gasteiger partial charge on any atom is 0.269 e. The Labute approximate surface area is 116 Å². The summed E-state index contributed by atoms with van der Waals surface area (Å²) in [6.07, 6.45) is 5.69. The summed E-state index contributed by atoms with van der Waals surface area (Å²) in [7, 11) is 0. The molecule has 1 aromatic heterocycles. The van der Waals surface area contributed by atoms with Gasteiger partial charge in [0.2, 0.25) is 5.91 Å². The molecule has 0 saturated heterocycles. The van der Waals surface area contributed by atoms with Crippen LogP contribution in [0, 0.1) is 0 Å². The number of fused-ring (bicyclic) bond motifs is 1. The molecule has 5 heteroatoms. The standard InChI is InChI=1S/C15H17N3O2/c19-14(17-11-5-1-2-6-11)10-18-13-8-4-3-7-12(13)16-9-15(18)20/h3-4,7-9,11H,1-2,5-6,10H2,(H,17,19). The van der Waals surface area contributed by atoms with E-state index in [9.17, 15) is 9.59 Å². The van der Waals surface area contributed by atoms with Crippen molar-refractivity contribution in [3.8, 4) is 0 Å². The van der Waals surface area contributed by atoms with Gasteiger partial charge in [0, 0.05) is 6.04 Å². The molecule has 2 aromatic rings. The molecule has 5 nitrogen and oxygen atoms in total. The first-order chi connectivity index (χ1) is 9.74. The van der Waals surface area contributed by atoms with Gasteiger partial charge in [0.25, 0.3) is 5.56 Å². The highest BCUT2D eigenvalue weighted by atomic mass is 16.2. The third-order valence-corrected chi connectivity index (χ3v) is 3.77. The maximum absolute atomic E-state index is 12.1. The Morgan fingerprint density at radius 3 is 2.85 bits per heavy atom. The number of para-hydroxylation sites is 2. The fourth-order valence-electron chi connectivity index (χ4n) is 2.76. The van der Waals surface area contributed by atoms with Crippen LogP contribution >= 0.6 is 0 Å². The van der Waals surface area contributed by atoms with E-state index in [1.807, 2.05) is 24.3 Å². The average molecular weight is 271 g/mol. The molecule has 1 amide bonds. The van der Waals surface area contributed by atoms with Gasteiger partial charge in [-0.1, -0.05) is 25.0 Å². The molecule has 0 atom stereocenters. The number of carbonyl (C=O) groups excluding carboxylic acids is 1. The van der Waals surface area contributed by atoms with Crippen LogP contribution in [0.3, 0.4) is 0 Å². The van der Waals surface area contributed by atoms with Crippen molar-refractivity contribution in [3.63, 3.8) is 0 Å². The Morgan fingerprint density at radius 2 is 2.05 bits per heavy atom. The third-order valence-electron chi connectivity index (χ3n) is 3.77. The van der Waals surface area contributed by atoms with Crippen molar-refractivity contribution < 1.29 is 4.79 Å². The van der Waals surface area contributed by atoms with Crippen molar-refractivity contribution in [2.24, 2.45) is 0 Å². The predicted octanol–water partition coefficient (Wildman–Crippen LogP) is 1.46. The number of nitrogens with zero attached hydrogens (tertiary/aromatic N) is 2. The third kappa shape index (κ3) is 2.57. The van der Waals surface area contributed by atoms with E-state index in [0.29, 0.717) is 5.52 Å². The number of amides is 1. The largest absolute Gasteiger partial charge is 0.352 e. The van der Waals surface area contributed by atoms with E-state index in [1.165, 1.54) is 23.6 Å². The summed E-state index contributed by atoms with van der Waals surface area (Å²) in [6.45, 7) is 0.0539. The first-order valence-electron chi connectivity index (χ1n) is 6.98. The minimum absolute atomic E-state index is 0.0539. The second-order valence-corrected chi connectivity index (χ2v) is 5.22. The average Bonchev–Trinajstić information content (AvgIpc) is 2.95. The van der Waals surface area contributed by atoms with Crippen molar-refractivity contribution in [1.82, 2.24) is 14.9 Å². The van der Waals surface area contributed by atoms with Crippen molar-refractivity contribution in [1.29, 1.82) is 0 Å². The molecule has 1 saturated carbocycles. The van der Waals surface area contributed by atoms with E-state index >= 15 is 0 Å². The highest BCUT2D eigenvalue weighted by Crippen LogP contribution is 2.17. The lowest BCUT2D eigenvalue weighted by molar-refractivity contribution is -0.122. The van der Waals surface area contributed by atoms with Gasteiger partial charge in [0.15, 0.2) is 0 Å². The molecular weight excluding hydrogens is 254 g/mol. The summed E-state index contributed by atoms with van der Waals surface area (Å²) in [5.74, 6) is -0.102. The van der Waals surface area contributed by atoms with Crippen molar-refractivity contribution in [3.05, 3.63) is 40.8 Å². The fourth-order valence-corrected chi connectivity index (χ4v) is 2.76. The summed E-state index contributed by atoms with van der Waals surface area (Å²) >= 11 is 0. The summed E-state index contributed by atoms with van der Waals surface area (Å²) in [4.78, 5) is 28.1. The second-order valence-electron chi connectivity index (χ2n) is 5.22. The number of hydrogen-bond acceptors (Lipinski definition) is 3. The molecule has 1 N–H and O–H groups in total. The number of rotatable bonds is 3. The predicted molar refractivity (Wildman–Crippen MR) is 76.4 cm³/mol. The van der Waals surface area contributed by atoms with E-state index in [-0.39, 0.29) is 24.1 Å². The van der Waals surface area contributed by atoms with Gasteiger partial charge in [0.05, 0.1) is 17.2 Å². The zero-order chi connectivity index (χ0) is 13.9. The SMILES string of the molecule is O=C(Cn1c(=O)cnc2ccccc21)NC1CCCC1. The topological polar surface area (TPSA) is 64.0 Å². The van der Waals surface area contributed by atoms with Gasteiger partial charge >= 0.3 is 0 Å². The number of benzene rings is 1. The Balaban J connectivity index is 1.84. The molecule has 104 valence electrons. The first kappa shape index (κ1) is 12.8. The highest BCUT2D eigenvalue weighted by Gasteiger charge is 2.17. The number of carbonyl (C=O) groups is 1. The summed E-state index contributed by atoms with van der Waals surface area (Å²) < 4.78 is 1.48. The van der Waals surface area contributed by atoms with Gasteiger partial charge in [-0.2, -0.15) is 0 Å². The number of aromatic nitrogens is 2. The normalized spacial score (nSPS) is 15.6. The molecule has 1 aliphatic carbocycles. The maximum atomic E-state index is 12.1. The monoisotopic (exact) mass is 271 g/mol. The van der Waals surface area contributed by atoms with Crippen LogP contribution in [-0.4, -0.2) is 21.5 Å². The van der Waals surface area contributed by atoms with Crippen LogP contribution in [0.5, 0.6) is 0 Å². The van der Waals surface area contributed by atoms with Gasteiger partial charge in [0.1, 0.15) is 6.54 Å². The Kier molecular flexibility index (Phi) is 3.50. The quantitative estimate of drug-likeness (QED) is 0.919. The lowest BCUT2D eigenvalue weighted by Gasteiger charge is -2.13. The van der Waals surface area contributed by atoms with E-state index < -0.39 is 0 Å². The van der Waals surface area contributed by atoms with Crippen LogP contribution in [0.1, 0.15) is 25.7 Å². The summed E-state index contributed by atoms with van der Waals surface area (Å²) in [5.41, 5.74) is 1.17. The van der Waals surface area contributed by atoms with Crippen molar-refractivity contribution in [2.75, 3.05) is 0 Å². The minimum Gasteiger partial charge on any atom is -0.352 e. The minimum atomic E-state index is -0.245. The molecule has 0 aliphatic heterocycles. The van der Waals surface area contributed by atoms with E-state index in [0.717, 1.165) is 18.4 Å². The van der Waals surface area contributed by atoms with Crippen LogP contribution in [0.15, 0.2) is 35.3 Å². The Bertz CT molecular complexity index is 687. The van der Waals surface area contributed by atoms with E-state index in [4.69, 9.17) is 0 Å². The molecule has 20 heavy (non-hydrogen) atoms. The fraction of sp³-hybridized carbons (Fsp3) is 0.400. The molecule has 0 spiro atoms. The molecule has 1 aromatic carbocycles. The van der Waals surface area contributed by atoms with Gasteiger partial charge in [-0.3, -0.25) is 14.2 Å². The number of nitrogens with one attached hydrogen (secondary N) is 1. The lowest BCUT2D eigenvalue weighted by atomic mass is 10.2. The zero-order valence-corrected chi connectivity index (χ0v) is 11.2. The van der Waals surface area contributed by atoms with Gasteiger partial charge in [-0.15, -0.1) is 0 Å². The molecule has 1 aliphatic rings. The molecular formula is C15H17N3O2. The van der Waals surface area contributed by atoms with Crippen molar-refractivity contribution in [2.45, 2.75) is 38.3 Å². The van der Waals surface area contributed by atoms with Crippen LogP contribution in [0.4, 0.5) is 0 Å². The van der Waals surface area contributed by atoms with E-state index in [1.54, 1.807) is 0 Å². The molecule has 0 bridgehead atoms. The van der Waals surface area contributed by atoms with Gasteiger partial charge < -0.3 is 5.32 Å². The lowest BCUT2D eigenvalue weighted by Crippen LogP contribution is -2.37. The summed E-state index contributed by atoms with van der Waals surface area (Å²) in [6, 6.07) is 7.62. The van der Waals surface area contributed by atoms with Crippen LogP contribution < -0.4 is 10.9 Å². The van der Waals surface area contributed by atoms with Crippen LogP contribution in [-0.2, 0) is 11.3 Å². The molecule has 3 rings (SSSR count). The molecule has 1 fully saturated rings. The zero-order valence-electron chi connectivity index (χ0n) is 11.2. The Hall–Kier alpha value is -2.17. The van der Waals surface area contributed by atoms with Crippen LogP contribution in [0.2, 0.25) is 0 Å². The first-order valence-corrected chi connectivity index (χ1v) is 6.98. The van der Waals surface area contributed by atoms with Gasteiger partial charge in [-0.25, -0.2) is 4.98 Å². The number of hydrogen-bond donors (Lipinski definition) is 1. The molecule has 0 unspecified atom stereocenters. The second kappa shape index (κ2) is 5.45. The van der Waals surface area contributed by atoms with Crippen molar-refractivity contribution >= 4 is 16.9 Å². The smallest absolute Gasteiger partial charge is 0.269 e. The highest BCUT2D eigenvalue weighted by molar-refractivity contribution is 5.80. The molecule has 1 heterocycles.